The SMILES string of the molecule is CCOC(=O)Nc1sc2cc(O)ccc2c1C(N)=O. The van der Waals surface area contributed by atoms with E-state index >= 15 is 0 Å². The molecular formula is C12H12N2O4S. The Morgan fingerprint density at radius 3 is 2.84 bits per heavy atom. The molecule has 1 aromatic carbocycles. The zero-order valence-electron chi connectivity index (χ0n) is 10.1. The molecule has 6 nitrogen and oxygen atoms in total. The summed E-state index contributed by atoms with van der Waals surface area (Å²) in [6, 6.07) is 4.54. The van der Waals surface area contributed by atoms with Crippen LogP contribution in [0.15, 0.2) is 18.2 Å². The largest absolute Gasteiger partial charge is 0.508 e. The summed E-state index contributed by atoms with van der Waals surface area (Å²) in [5.74, 6) is -0.573. The second kappa shape index (κ2) is 5.15. The molecule has 2 rings (SSSR count). The average molecular weight is 280 g/mol. The van der Waals surface area contributed by atoms with E-state index in [1.54, 1.807) is 13.0 Å². The van der Waals surface area contributed by atoms with Gasteiger partial charge in [0, 0.05) is 10.1 Å². The molecule has 0 radical (unpaired) electrons. The standard InChI is InChI=1S/C12H12N2O4S/c1-2-18-12(17)14-11-9(10(13)16)7-4-3-6(15)5-8(7)19-11/h3-5,15H,2H2,1H3,(H2,13,16)(H,14,17). The Kier molecular flexibility index (Phi) is 3.57. The molecule has 0 aliphatic heterocycles. The molecule has 0 saturated heterocycles. The number of hydrogen-bond acceptors (Lipinski definition) is 5. The summed E-state index contributed by atoms with van der Waals surface area (Å²) in [6.07, 6.45) is -0.652. The molecule has 2 amide bonds. The number of phenols is 1. The highest BCUT2D eigenvalue weighted by molar-refractivity contribution is 7.23. The van der Waals surface area contributed by atoms with Crippen LogP contribution >= 0.6 is 11.3 Å². The Morgan fingerprint density at radius 2 is 2.21 bits per heavy atom. The minimum atomic E-state index is -0.652. The Hall–Kier alpha value is -2.28. The molecule has 0 saturated carbocycles. The summed E-state index contributed by atoms with van der Waals surface area (Å²) in [5, 5.41) is 12.8. The van der Waals surface area contributed by atoms with Crippen LogP contribution in [0.2, 0.25) is 0 Å². The molecule has 0 fully saturated rings. The number of benzene rings is 1. The topological polar surface area (TPSA) is 102 Å². The van der Waals surface area contributed by atoms with Crippen LogP contribution in [0.25, 0.3) is 10.1 Å². The van der Waals surface area contributed by atoms with Crippen LogP contribution in [-0.4, -0.2) is 23.7 Å². The zero-order chi connectivity index (χ0) is 14.0. The Morgan fingerprint density at radius 1 is 1.47 bits per heavy atom. The number of fused-ring (bicyclic) bond motifs is 1. The number of primary amides is 1. The van der Waals surface area contributed by atoms with Gasteiger partial charge in [-0.3, -0.25) is 10.1 Å². The van der Waals surface area contributed by atoms with Crippen molar-refractivity contribution < 1.29 is 19.4 Å². The third kappa shape index (κ3) is 2.60. The van der Waals surface area contributed by atoms with Gasteiger partial charge in [-0.1, -0.05) is 0 Å². The van der Waals surface area contributed by atoms with Crippen molar-refractivity contribution in [2.24, 2.45) is 5.73 Å². The molecule has 0 unspecified atom stereocenters. The summed E-state index contributed by atoms with van der Waals surface area (Å²) in [7, 11) is 0. The van der Waals surface area contributed by atoms with E-state index in [9.17, 15) is 14.7 Å². The molecule has 0 bridgehead atoms. The molecule has 7 heteroatoms. The summed E-state index contributed by atoms with van der Waals surface area (Å²) in [6.45, 7) is 1.90. The van der Waals surface area contributed by atoms with E-state index in [1.165, 1.54) is 12.1 Å². The normalized spacial score (nSPS) is 10.4. The van der Waals surface area contributed by atoms with Crippen LogP contribution in [0, 0.1) is 0 Å². The van der Waals surface area contributed by atoms with E-state index < -0.39 is 12.0 Å². The number of phenolic OH excluding ortho intramolecular Hbond substituents is 1. The number of nitrogens with one attached hydrogen (secondary N) is 1. The van der Waals surface area contributed by atoms with Crippen molar-refractivity contribution in [1.82, 2.24) is 0 Å². The number of ether oxygens (including phenoxy) is 1. The number of carbonyl (C=O) groups is 2. The smallest absolute Gasteiger partial charge is 0.412 e. The van der Waals surface area contributed by atoms with Crippen LogP contribution in [0.4, 0.5) is 9.80 Å². The van der Waals surface area contributed by atoms with Crippen molar-refractivity contribution in [2.45, 2.75) is 6.92 Å². The summed E-state index contributed by atoms with van der Waals surface area (Å²) in [4.78, 5) is 22.9. The summed E-state index contributed by atoms with van der Waals surface area (Å²) >= 11 is 1.15. The molecule has 19 heavy (non-hydrogen) atoms. The monoisotopic (exact) mass is 280 g/mol. The number of aromatic hydroxyl groups is 1. The number of thiophene rings is 1. The quantitative estimate of drug-likeness (QED) is 0.802. The first-order chi connectivity index (χ1) is 9.02. The van der Waals surface area contributed by atoms with Crippen LogP contribution < -0.4 is 11.1 Å². The maximum Gasteiger partial charge on any atom is 0.412 e. The lowest BCUT2D eigenvalue weighted by Gasteiger charge is -2.04. The van der Waals surface area contributed by atoms with Gasteiger partial charge < -0.3 is 15.6 Å². The molecule has 1 heterocycles. The molecule has 1 aromatic heterocycles. The predicted octanol–water partition coefficient (Wildman–Crippen LogP) is 2.27. The van der Waals surface area contributed by atoms with Gasteiger partial charge in [0.25, 0.3) is 5.91 Å². The van der Waals surface area contributed by atoms with E-state index in [-0.39, 0.29) is 17.9 Å². The Balaban J connectivity index is 2.50. The lowest BCUT2D eigenvalue weighted by atomic mass is 10.1. The number of anilines is 1. The first-order valence-corrected chi connectivity index (χ1v) is 6.33. The molecule has 100 valence electrons. The number of rotatable bonds is 3. The van der Waals surface area contributed by atoms with Crippen LogP contribution in [0.1, 0.15) is 17.3 Å². The zero-order valence-corrected chi connectivity index (χ0v) is 10.9. The second-order valence-corrected chi connectivity index (χ2v) is 4.75. The number of carbonyl (C=O) groups excluding carboxylic acids is 2. The van der Waals surface area contributed by atoms with Crippen LogP contribution in [0.5, 0.6) is 5.75 Å². The first-order valence-electron chi connectivity index (χ1n) is 5.52. The minimum Gasteiger partial charge on any atom is -0.508 e. The van der Waals surface area contributed by atoms with Crippen molar-refractivity contribution in [3.05, 3.63) is 23.8 Å². The van der Waals surface area contributed by atoms with Gasteiger partial charge in [0.1, 0.15) is 10.8 Å². The number of nitrogens with two attached hydrogens (primary N) is 1. The van der Waals surface area contributed by atoms with E-state index in [1.807, 2.05) is 0 Å². The molecular weight excluding hydrogens is 268 g/mol. The van der Waals surface area contributed by atoms with Gasteiger partial charge in [-0.15, -0.1) is 11.3 Å². The fraction of sp³-hybridized carbons (Fsp3) is 0.167. The predicted molar refractivity (Wildman–Crippen MR) is 72.7 cm³/mol. The molecule has 0 atom stereocenters. The molecule has 0 aliphatic rings. The van der Waals surface area contributed by atoms with Crippen LogP contribution in [-0.2, 0) is 4.74 Å². The van der Waals surface area contributed by atoms with Gasteiger partial charge in [0.2, 0.25) is 0 Å². The van der Waals surface area contributed by atoms with Gasteiger partial charge in [0.05, 0.1) is 12.2 Å². The van der Waals surface area contributed by atoms with Gasteiger partial charge in [-0.2, -0.15) is 0 Å². The highest BCUT2D eigenvalue weighted by Gasteiger charge is 2.19. The van der Waals surface area contributed by atoms with Gasteiger partial charge in [0.15, 0.2) is 0 Å². The molecule has 0 spiro atoms. The summed E-state index contributed by atoms with van der Waals surface area (Å²) in [5.41, 5.74) is 5.54. The fourth-order valence-corrected chi connectivity index (χ4v) is 2.80. The lowest BCUT2D eigenvalue weighted by molar-refractivity contribution is 0.100. The highest BCUT2D eigenvalue weighted by Crippen LogP contribution is 2.37. The molecule has 0 aliphatic carbocycles. The van der Waals surface area contributed by atoms with E-state index in [0.29, 0.717) is 15.1 Å². The number of hydrogen-bond donors (Lipinski definition) is 3. The van der Waals surface area contributed by atoms with Crippen molar-refractivity contribution >= 4 is 38.4 Å². The fourth-order valence-electron chi connectivity index (χ4n) is 1.68. The minimum absolute atomic E-state index is 0.0763. The lowest BCUT2D eigenvalue weighted by Crippen LogP contribution is -2.17. The van der Waals surface area contributed by atoms with Crippen LogP contribution in [0.3, 0.4) is 0 Å². The van der Waals surface area contributed by atoms with Gasteiger partial charge in [-0.25, -0.2) is 4.79 Å². The maximum absolute atomic E-state index is 11.5. The summed E-state index contributed by atoms with van der Waals surface area (Å²) < 4.78 is 5.41. The van der Waals surface area contributed by atoms with E-state index in [2.05, 4.69) is 5.32 Å². The maximum atomic E-state index is 11.5. The van der Waals surface area contributed by atoms with Gasteiger partial charge >= 0.3 is 6.09 Å². The Bertz CT molecular complexity index is 650. The highest BCUT2D eigenvalue weighted by atomic mass is 32.1. The van der Waals surface area contributed by atoms with E-state index in [4.69, 9.17) is 10.5 Å². The first kappa shape index (κ1) is 13.2. The Labute approximate surface area is 112 Å². The third-order valence-electron chi connectivity index (χ3n) is 2.41. The van der Waals surface area contributed by atoms with Crippen molar-refractivity contribution in [3.63, 3.8) is 0 Å². The number of amides is 2. The van der Waals surface area contributed by atoms with Crippen molar-refractivity contribution in [1.29, 1.82) is 0 Å². The average Bonchev–Trinajstić information content (AvgIpc) is 2.65. The third-order valence-corrected chi connectivity index (χ3v) is 3.48. The van der Waals surface area contributed by atoms with Gasteiger partial charge in [-0.05, 0) is 25.1 Å². The second-order valence-electron chi connectivity index (χ2n) is 3.70. The van der Waals surface area contributed by atoms with Crippen molar-refractivity contribution in [2.75, 3.05) is 11.9 Å². The van der Waals surface area contributed by atoms with E-state index in [0.717, 1.165) is 11.3 Å². The molecule has 4 N–H and O–H groups in total. The molecule has 2 aromatic rings. The van der Waals surface area contributed by atoms with Crippen molar-refractivity contribution in [3.8, 4) is 5.75 Å².